The summed E-state index contributed by atoms with van der Waals surface area (Å²) in [5.41, 5.74) is 6.29. The quantitative estimate of drug-likeness (QED) is 0.0745. The van der Waals surface area contributed by atoms with Crippen LogP contribution in [0.3, 0.4) is 0 Å². The zero-order chi connectivity index (χ0) is 39.2. The summed E-state index contributed by atoms with van der Waals surface area (Å²) in [5.74, 6) is 5.14. The molecule has 0 saturated heterocycles. The number of ketones is 1. The monoisotopic (exact) mass is 758 g/mol. The Balaban J connectivity index is 1.02. The van der Waals surface area contributed by atoms with Gasteiger partial charge in [0.2, 0.25) is 0 Å². The maximum Gasteiger partial charge on any atom is 0.298 e. The van der Waals surface area contributed by atoms with Crippen LogP contribution in [0.2, 0.25) is 0 Å². The third-order valence-electron chi connectivity index (χ3n) is 8.89. The van der Waals surface area contributed by atoms with Crippen LogP contribution in [-0.4, -0.2) is 25.9 Å². The number of carbonyl (C=O) groups is 1. The third kappa shape index (κ3) is 8.64. The second-order valence-corrected chi connectivity index (χ2v) is 14.1. The van der Waals surface area contributed by atoms with Gasteiger partial charge in [-0.1, -0.05) is 53.9 Å². The van der Waals surface area contributed by atoms with Gasteiger partial charge in [-0.25, -0.2) is 0 Å². The van der Waals surface area contributed by atoms with Gasteiger partial charge < -0.3 is 18.9 Å². The Morgan fingerprint density at radius 3 is 1.55 bits per heavy atom. The number of carbonyl (C=O) groups excluding carboxylic acids is 1. The van der Waals surface area contributed by atoms with E-state index in [4.69, 9.17) is 25.4 Å². The predicted octanol–water partition coefficient (Wildman–Crippen LogP) is 11.2. The highest BCUT2D eigenvalue weighted by molar-refractivity contribution is 7.86. The van der Waals surface area contributed by atoms with E-state index in [0.717, 1.165) is 39.1 Å². The molecule has 0 aliphatic rings. The smallest absolute Gasteiger partial charge is 0.298 e. The van der Waals surface area contributed by atoms with Gasteiger partial charge in [-0.2, -0.15) is 8.42 Å². The molecule has 0 spiro atoms. The Morgan fingerprint density at radius 1 is 0.554 bits per heavy atom. The molecule has 0 fully saturated rings. The van der Waals surface area contributed by atoms with Crippen molar-refractivity contribution in [3.05, 3.63) is 180 Å². The number of aryl methyl sites for hydroxylation is 1. The van der Waals surface area contributed by atoms with Crippen LogP contribution in [0.5, 0.6) is 40.2 Å². The lowest BCUT2D eigenvalue weighted by atomic mass is 10.0. The summed E-state index contributed by atoms with van der Waals surface area (Å²) in [7, 11) is -3.10. The van der Waals surface area contributed by atoms with E-state index in [-0.39, 0.29) is 23.0 Å². The lowest BCUT2D eigenvalue weighted by molar-refractivity contribution is 0.103. The van der Waals surface area contributed by atoms with Gasteiger partial charge in [0.25, 0.3) is 10.1 Å². The van der Waals surface area contributed by atoms with Crippen molar-refractivity contribution in [2.75, 3.05) is 7.11 Å². The minimum atomic E-state index is -4.73. The number of rotatable bonds is 12. The van der Waals surface area contributed by atoms with Crippen LogP contribution in [0.15, 0.2) is 163 Å². The van der Waals surface area contributed by atoms with Crippen LogP contribution in [0, 0.1) is 19.3 Å². The van der Waals surface area contributed by atoms with E-state index in [9.17, 15) is 17.8 Å². The lowest BCUT2D eigenvalue weighted by Gasteiger charge is -2.15. The highest BCUT2D eigenvalue weighted by Crippen LogP contribution is 2.38. The predicted molar refractivity (Wildman–Crippen MR) is 216 cm³/mol. The molecule has 7 aromatic rings. The summed E-state index contributed by atoms with van der Waals surface area (Å²) in [6.07, 6.45) is 5.51. The SMILES string of the molecule is C#Cc1ccc(-c2cc(C)ccc2Oc2ccc(Oc3ccc(C(=O)c4ccc(Oc5ccc(-c6ccc(OC)cc6)cc5)cc4)cc3)c(S(=O)(=O)O)c2)cc1. The van der Waals surface area contributed by atoms with Crippen molar-refractivity contribution in [2.45, 2.75) is 11.8 Å². The molecule has 0 saturated carbocycles. The van der Waals surface area contributed by atoms with Crippen molar-refractivity contribution in [1.82, 2.24) is 0 Å². The summed E-state index contributed by atoms with van der Waals surface area (Å²) >= 11 is 0. The standard InChI is InChI=1S/C47H34O8S/c1-4-32-6-8-35(9-7-32)43-29-31(2)5-27-44(43)55-42-26-28-45(46(30-42)56(49,50)51)54-41-24-16-37(17-25-41)47(48)36-14-22-40(23-15-36)53-39-20-12-34(13-21-39)33-10-18-38(52-3)19-11-33/h1,5-30H,2-3H3,(H,49,50,51). The first-order valence-corrected chi connectivity index (χ1v) is 18.8. The molecule has 7 rings (SSSR count). The Hall–Kier alpha value is -7.12. The number of hydrogen-bond donors (Lipinski definition) is 1. The summed E-state index contributed by atoms with van der Waals surface area (Å²) in [4.78, 5) is 12.8. The minimum Gasteiger partial charge on any atom is -0.497 e. The summed E-state index contributed by atoms with van der Waals surface area (Å²) in [5, 5.41) is 0. The third-order valence-corrected chi connectivity index (χ3v) is 9.77. The minimum absolute atomic E-state index is 0.126. The van der Waals surface area contributed by atoms with Crippen LogP contribution in [0.25, 0.3) is 22.3 Å². The fraction of sp³-hybridized carbons (Fsp3) is 0.0426. The molecule has 9 heteroatoms. The first kappa shape index (κ1) is 37.2. The molecular weight excluding hydrogens is 725 g/mol. The first-order valence-electron chi connectivity index (χ1n) is 17.4. The van der Waals surface area contributed by atoms with Gasteiger partial charge in [0.15, 0.2) is 5.78 Å². The normalized spacial score (nSPS) is 11.0. The molecule has 0 aromatic heterocycles. The molecule has 8 nitrogen and oxygen atoms in total. The van der Waals surface area contributed by atoms with Crippen molar-refractivity contribution < 1.29 is 36.7 Å². The van der Waals surface area contributed by atoms with Gasteiger partial charge in [-0.3, -0.25) is 9.35 Å². The van der Waals surface area contributed by atoms with Crippen LogP contribution in [0.1, 0.15) is 27.0 Å². The van der Waals surface area contributed by atoms with E-state index in [1.165, 1.54) is 18.2 Å². The van der Waals surface area contributed by atoms with Crippen LogP contribution < -0.4 is 18.9 Å². The zero-order valence-corrected chi connectivity index (χ0v) is 31.1. The molecule has 0 amide bonds. The molecule has 56 heavy (non-hydrogen) atoms. The van der Waals surface area contributed by atoms with Crippen molar-refractivity contribution in [2.24, 2.45) is 0 Å². The van der Waals surface area contributed by atoms with E-state index in [0.29, 0.717) is 28.4 Å². The first-order chi connectivity index (χ1) is 27.1. The van der Waals surface area contributed by atoms with E-state index < -0.39 is 15.0 Å². The van der Waals surface area contributed by atoms with Crippen molar-refractivity contribution in [1.29, 1.82) is 0 Å². The fourth-order valence-electron chi connectivity index (χ4n) is 5.95. The molecule has 1 N–H and O–H groups in total. The molecule has 0 radical (unpaired) electrons. The average molecular weight is 759 g/mol. The van der Waals surface area contributed by atoms with Gasteiger partial charge in [0.1, 0.15) is 45.1 Å². The lowest BCUT2D eigenvalue weighted by Crippen LogP contribution is -2.03. The van der Waals surface area contributed by atoms with Gasteiger partial charge in [0.05, 0.1) is 7.11 Å². The number of terminal acetylenes is 1. The largest absolute Gasteiger partial charge is 0.497 e. The molecule has 0 aliphatic heterocycles. The number of methoxy groups -OCH3 is 1. The molecule has 0 atom stereocenters. The van der Waals surface area contributed by atoms with E-state index in [1.807, 2.05) is 91.9 Å². The Kier molecular flexibility index (Phi) is 10.7. The molecule has 0 unspecified atom stereocenters. The maximum absolute atomic E-state index is 13.3. The van der Waals surface area contributed by atoms with E-state index in [1.54, 1.807) is 61.7 Å². The molecule has 276 valence electrons. The van der Waals surface area contributed by atoms with Gasteiger partial charge >= 0.3 is 0 Å². The second kappa shape index (κ2) is 16.1. The topological polar surface area (TPSA) is 108 Å². The number of ether oxygens (including phenoxy) is 4. The van der Waals surface area contributed by atoms with Gasteiger partial charge in [-0.05, 0) is 133 Å². The summed E-state index contributed by atoms with van der Waals surface area (Å²) < 4.78 is 58.4. The van der Waals surface area contributed by atoms with Crippen molar-refractivity contribution in [3.63, 3.8) is 0 Å². The van der Waals surface area contributed by atoms with Crippen molar-refractivity contribution >= 4 is 15.9 Å². The molecule has 0 aliphatic carbocycles. The van der Waals surface area contributed by atoms with E-state index >= 15 is 0 Å². The molecule has 0 bridgehead atoms. The molecule has 0 heterocycles. The number of benzene rings is 7. The summed E-state index contributed by atoms with van der Waals surface area (Å²) in [6.45, 7) is 1.95. The van der Waals surface area contributed by atoms with Crippen molar-refractivity contribution in [3.8, 4) is 74.8 Å². The Bertz CT molecular complexity index is 2660. The molecular formula is C47H34O8S. The summed E-state index contributed by atoms with van der Waals surface area (Å²) in [6, 6.07) is 45.7. The Labute approximate surface area is 325 Å². The molecule has 7 aromatic carbocycles. The number of hydrogen-bond acceptors (Lipinski definition) is 7. The van der Waals surface area contributed by atoms with Crippen LogP contribution in [0.4, 0.5) is 0 Å². The van der Waals surface area contributed by atoms with E-state index in [2.05, 4.69) is 5.92 Å². The Morgan fingerprint density at radius 2 is 1.02 bits per heavy atom. The van der Waals surface area contributed by atoms with Crippen LogP contribution in [-0.2, 0) is 10.1 Å². The fourth-order valence-corrected chi connectivity index (χ4v) is 6.58. The second-order valence-electron chi connectivity index (χ2n) is 12.7. The van der Waals surface area contributed by atoms with Gasteiger partial charge in [-0.15, -0.1) is 6.42 Å². The highest BCUT2D eigenvalue weighted by atomic mass is 32.2. The maximum atomic E-state index is 13.3. The highest BCUT2D eigenvalue weighted by Gasteiger charge is 2.20. The van der Waals surface area contributed by atoms with Gasteiger partial charge in [0, 0.05) is 28.3 Å². The van der Waals surface area contributed by atoms with Crippen LogP contribution >= 0.6 is 0 Å². The average Bonchev–Trinajstić information content (AvgIpc) is 3.22. The zero-order valence-electron chi connectivity index (χ0n) is 30.3.